The van der Waals surface area contributed by atoms with E-state index in [0.717, 1.165) is 52.0 Å². The van der Waals surface area contributed by atoms with Crippen molar-refractivity contribution < 1.29 is 80.4 Å². The Balaban J connectivity index is 0.000000185. The van der Waals surface area contributed by atoms with Crippen LogP contribution in [0.4, 0.5) is 0 Å². The summed E-state index contributed by atoms with van der Waals surface area (Å²) in [5, 5.41) is 150. The normalized spacial score (nSPS) is 10.8. The van der Waals surface area contributed by atoms with E-state index >= 15 is 0 Å². The predicted molar refractivity (Wildman–Crippen MR) is 457 cm³/mol. The van der Waals surface area contributed by atoms with E-state index < -0.39 is 0 Å². The lowest BCUT2D eigenvalue weighted by atomic mass is 10.2. The number of terminal acetylenes is 1. The highest BCUT2D eigenvalue weighted by molar-refractivity contribution is 9.10. The van der Waals surface area contributed by atoms with Gasteiger partial charge >= 0.3 is 0 Å². The Hall–Kier alpha value is -6.98. The minimum atomic E-state index is 0.00406. The molecule has 0 atom stereocenters. The Bertz CT molecular complexity index is 5410. The first kappa shape index (κ1) is 91.2. The molecule has 0 aliphatic rings. The molecule has 0 saturated carbocycles. The zero-order chi connectivity index (χ0) is 81.8. The summed E-state index contributed by atoms with van der Waals surface area (Å²) < 4.78 is 35.2. The maximum absolute atomic E-state index is 12.4. The third-order valence-electron chi connectivity index (χ3n) is 16.0. The van der Waals surface area contributed by atoms with Crippen LogP contribution in [0.25, 0.3) is 66.2 Å². The van der Waals surface area contributed by atoms with Gasteiger partial charge in [0.05, 0.1) is 120 Å². The van der Waals surface area contributed by atoms with Crippen molar-refractivity contribution in [1.82, 2.24) is 0 Å². The number of nitrogens with zero attached hydrogens (tertiary/aromatic N) is 12. The van der Waals surface area contributed by atoms with Gasteiger partial charge < -0.3 is 86.2 Å². The van der Waals surface area contributed by atoms with E-state index in [9.17, 15) is 62.5 Å². The lowest BCUT2D eigenvalue weighted by Gasteiger charge is -2.13. The molecule has 29 nitrogen and oxygen atoms in total. The quantitative estimate of drug-likeness (QED) is 0.0225. The maximum Gasteiger partial charge on any atom is 0.294 e. The molecule has 6 aromatic heterocycles. The summed E-state index contributed by atoms with van der Waals surface area (Å²) in [6.07, 6.45) is 8.33. The number of alkyl halides is 12. The van der Waals surface area contributed by atoms with Crippen LogP contribution < -0.4 is 80.4 Å². The number of fused-ring (bicyclic) bond motifs is 6. The Morgan fingerprint density at radius 3 is 0.802 bits per heavy atom. The summed E-state index contributed by atoms with van der Waals surface area (Å²) >= 11 is 38.8. The maximum atomic E-state index is 12.4. The molecule has 0 N–H and O–H groups in total. The van der Waals surface area contributed by atoms with Crippen molar-refractivity contribution in [2.24, 2.45) is 0 Å². The number of hydrogen-bond donors (Lipinski definition) is 0. The fraction of sp³-hybridized carbons (Fsp3) is 0.257. The van der Waals surface area contributed by atoms with Crippen LogP contribution in [0.3, 0.4) is 0 Å². The van der Waals surface area contributed by atoms with Gasteiger partial charge in [-0.2, -0.15) is 56.8 Å². The van der Waals surface area contributed by atoms with Crippen LogP contribution in [0.5, 0.6) is 28.7 Å². The fourth-order valence-electron chi connectivity index (χ4n) is 10.8. The van der Waals surface area contributed by atoms with Crippen LogP contribution >= 0.6 is 191 Å². The molecule has 0 aliphatic carbocycles. The van der Waals surface area contributed by atoms with Crippen LogP contribution in [-0.4, -0.2) is 19.8 Å². The minimum absolute atomic E-state index is 0.00406. The first-order valence-corrected chi connectivity index (χ1v) is 45.4. The van der Waals surface area contributed by atoms with Gasteiger partial charge in [-0.25, -0.2) is 0 Å². The summed E-state index contributed by atoms with van der Waals surface area (Å²) in [4.78, 5) is 0. The standard InChI is InChI=1S/C13H14Br2N2O3.C12H12Br2N2O3.C12H10Br2N2O3.C12H8Br2N2O3.C11H10Br2N2O3.C10H8Br2N2O2/c1-8(2)20-9-3-4-10-11(5-9)17(19)13(7-15)12(6-14)16(10)18;3*1-2-19-8-3-4-9-10(5-8)16(18)12(7-14)11(6-13)15(9)17;1-18-7-2-3-8-9(4-7)15(17)11(6-13)10(5-12)14(8)16;11-5-9-10(6-12)14(16)8-4-2-1-3-7(8)13(9)15/h3-5,8H,6-7H2,1-2H3;3-5H,2,6-7H2,1H3;2-5H,1,6-7H2;1,3-5H,6-7H2;2-4H,5-6H2,1H3;1-4H,5-6H2. The van der Waals surface area contributed by atoms with Gasteiger partial charge in [-0.3, -0.25) is 0 Å². The smallest absolute Gasteiger partial charge is 0.294 e. The topological polar surface area (TPSA) is 369 Å². The lowest BCUT2D eigenvalue weighted by Crippen LogP contribution is -2.45. The molecule has 6 aromatic carbocycles. The molecule has 0 saturated heterocycles. The molecule has 6 heterocycles. The number of para-hydroxylation sites is 2. The largest absolute Gasteiger partial charge is 0.618 e. The van der Waals surface area contributed by atoms with Crippen molar-refractivity contribution in [3.8, 4) is 41.3 Å². The van der Waals surface area contributed by atoms with E-state index in [0.29, 0.717) is 211 Å². The third kappa shape index (κ3) is 20.2. The van der Waals surface area contributed by atoms with Gasteiger partial charge in [0, 0.05) is 42.5 Å². The Kier molecular flexibility index (Phi) is 35.3. The number of benzene rings is 6. The zero-order valence-corrected chi connectivity index (χ0v) is 77.5. The summed E-state index contributed by atoms with van der Waals surface area (Å²) in [6, 6.07) is 30.5. The molecule has 12 rings (SSSR count). The summed E-state index contributed by atoms with van der Waals surface area (Å²) in [5.41, 5.74) is 8.42. The zero-order valence-electron chi connectivity index (χ0n) is 58.4. The summed E-state index contributed by atoms with van der Waals surface area (Å²) in [5.74, 6) is 2.49. The van der Waals surface area contributed by atoms with Crippen molar-refractivity contribution in [3.05, 3.63) is 259 Å². The molecule has 111 heavy (non-hydrogen) atoms. The number of halogens is 12. The van der Waals surface area contributed by atoms with Crippen LogP contribution in [0.1, 0.15) is 89.1 Å². The molecule has 12 aromatic rings. The molecular weight excluding hydrogens is 2240 g/mol. The Morgan fingerprint density at radius 1 is 0.333 bits per heavy atom. The highest BCUT2D eigenvalue weighted by Crippen LogP contribution is 2.26. The highest BCUT2D eigenvalue weighted by Gasteiger charge is 2.33. The number of aromatic nitrogens is 12. The molecule has 0 spiro atoms. The van der Waals surface area contributed by atoms with Gasteiger partial charge in [-0.05, 0) is 51.1 Å². The van der Waals surface area contributed by atoms with Gasteiger partial charge in [0.15, 0.2) is 0 Å². The van der Waals surface area contributed by atoms with E-state index in [1.54, 1.807) is 97.1 Å². The van der Waals surface area contributed by atoms with E-state index in [2.05, 4.69) is 198 Å². The van der Waals surface area contributed by atoms with Crippen molar-refractivity contribution in [2.75, 3.05) is 13.7 Å². The molecule has 0 amide bonds. The van der Waals surface area contributed by atoms with Gasteiger partial charge in [-0.15, -0.1) is 0 Å². The Labute approximate surface area is 734 Å². The average Bonchev–Trinajstić information content (AvgIpc) is 0.808. The second kappa shape index (κ2) is 42.9. The molecule has 0 bridgehead atoms. The Morgan fingerprint density at radius 2 is 0.550 bits per heavy atom. The van der Waals surface area contributed by atoms with Crippen LogP contribution in [0.2, 0.25) is 0 Å². The van der Waals surface area contributed by atoms with Crippen molar-refractivity contribution in [2.45, 2.75) is 90.8 Å². The van der Waals surface area contributed by atoms with Crippen molar-refractivity contribution in [3.63, 3.8) is 0 Å². The fourth-order valence-corrected chi connectivity index (χ4v) is 17.4. The molecule has 0 aliphatic heterocycles. The first-order valence-electron chi connectivity index (χ1n) is 32.0. The van der Waals surface area contributed by atoms with Crippen LogP contribution in [0, 0.1) is 75.0 Å². The summed E-state index contributed by atoms with van der Waals surface area (Å²) in [7, 11) is 1.51. The molecule has 0 radical (unpaired) electrons. The van der Waals surface area contributed by atoms with Crippen molar-refractivity contribution in [1.29, 1.82) is 0 Å². The number of methoxy groups -OCH3 is 1. The second-order valence-corrected chi connectivity index (χ2v) is 29.3. The third-order valence-corrected chi connectivity index (χ3v) is 22.4. The number of ether oxygens (including phenoxy) is 5. The van der Waals surface area contributed by atoms with Gasteiger partial charge in [0.2, 0.25) is 0 Å². The van der Waals surface area contributed by atoms with E-state index in [4.69, 9.17) is 30.1 Å². The van der Waals surface area contributed by atoms with Crippen molar-refractivity contribution >= 4 is 257 Å². The predicted octanol–water partition coefficient (Wildman–Crippen LogP) is 13.1. The van der Waals surface area contributed by atoms with Gasteiger partial charge in [0.25, 0.3) is 135 Å². The SMILES string of the molecule is C#COc1ccc2c(c1)[n+]([O-])c(CBr)c(CBr)[n+]2[O-].C=COc1ccc2c(c1)[n+]([O-])c(CBr)c(CBr)[n+]2[O-].CC(C)Oc1ccc2c(c1)[n+]([O-])c(CBr)c(CBr)[n+]2[O-].CCOc1ccc2c(c1)[n+]([O-])c(CBr)c(CBr)[n+]2[O-].COc1ccc2c(c1)[n+]([O-])c(CBr)c(CBr)[n+]2[O-].[O-][n+]1c(CBr)c(CBr)[n+]([O-])c2ccccc21. The monoisotopic (exact) mass is 2290 g/mol. The molecule has 588 valence electrons. The van der Waals surface area contributed by atoms with Crippen LogP contribution in [-0.2, 0) is 64.0 Å². The van der Waals surface area contributed by atoms with E-state index in [1.165, 1.54) is 31.6 Å². The van der Waals surface area contributed by atoms with E-state index in [-0.39, 0.29) is 33.3 Å². The van der Waals surface area contributed by atoms with Crippen LogP contribution in [0.15, 0.2) is 128 Å². The molecule has 0 unspecified atom stereocenters. The molecule has 41 heteroatoms. The first-order chi connectivity index (χ1) is 53.2. The number of rotatable bonds is 20. The minimum Gasteiger partial charge on any atom is -0.618 e. The average molecular weight is 2300 g/mol. The highest BCUT2D eigenvalue weighted by atomic mass is 79.9. The molecular formula is C70H62Br12N12O17. The number of hydrogen-bond acceptors (Lipinski definition) is 17. The van der Waals surface area contributed by atoms with Gasteiger partial charge in [-0.1, -0.05) is 216 Å². The second-order valence-electron chi connectivity index (χ2n) is 22.5. The van der Waals surface area contributed by atoms with E-state index in [1.807, 2.05) is 26.9 Å². The lowest BCUT2D eigenvalue weighted by molar-refractivity contribution is -0.638. The summed E-state index contributed by atoms with van der Waals surface area (Å²) in [6.45, 7) is 9.63. The van der Waals surface area contributed by atoms with Gasteiger partial charge in [0.1, 0.15) is 34.9 Å². The molecule has 0 fully saturated rings.